The predicted octanol–water partition coefficient (Wildman–Crippen LogP) is 3.58. The van der Waals surface area contributed by atoms with Gasteiger partial charge in [0.25, 0.3) is 5.56 Å². The van der Waals surface area contributed by atoms with Crippen LogP contribution >= 0.6 is 11.3 Å². The molecule has 7 heteroatoms. The fourth-order valence-corrected chi connectivity index (χ4v) is 4.39. The number of hydrogen-bond donors (Lipinski definition) is 0. The van der Waals surface area contributed by atoms with Gasteiger partial charge in [0.2, 0.25) is 5.91 Å². The third-order valence-electron chi connectivity index (χ3n) is 4.99. The number of anilines is 1. The number of likely N-dealkylation sites (N-methyl/N-ethyl adjacent to an activating group) is 1. The van der Waals surface area contributed by atoms with E-state index >= 15 is 0 Å². The van der Waals surface area contributed by atoms with E-state index in [1.165, 1.54) is 15.9 Å². The molecule has 0 aliphatic heterocycles. The molecule has 0 saturated carbocycles. The van der Waals surface area contributed by atoms with Crippen LogP contribution in [0.15, 0.2) is 75.6 Å². The topological polar surface area (TPSA) is 64.3 Å². The van der Waals surface area contributed by atoms with Crippen LogP contribution in [0, 0.1) is 6.92 Å². The number of thiophene rings is 1. The first-order chi connectivity index (χ1) is 14.5. The molecule has 1 amide bonds. The van der Waals surface area contributed by atoms with Crippen LogP contribution in [0.5, 0.6) is 0 Å². The van der Waals surface area contributed by atoms with Gasteiger partial charge in [-0.3, -0.25) is 14.2 Å². The van der Waals surface area contributed by atoms with Gasteiger partial charge in [-0.1, -0.05) is 30.3 Å². The van der Waals surface area contributed by atoms with Crippen molar-refractivity contribution >= 4 is 33.1 Å². The largest absolute Gasteiger partial charge is 0.336 e. The summed E-state index contributed by atoms with van der Waals surface area (Å²) in [4.78, 5) is 41.2. The van der Waals surface area contributed by atoms with Gasteiger partial charge in [-0.2, -0.15) is 0 Å². The molecule has 0 aliphatic carbocycles. The van der Waals surface area contributed by atoms with Crippen LogP contribution in [0.2, 0.25) is 0 Å². The molecule has 0 aliphatic rings. The minimum Gasteiger partial charge on any atom is -0.311 e. The van der Waals surface area contributed by atoms with Crippen LogP contribution in [0.3, 0.4) is 0 Å². The maximum absolute atomic E-state index is 13.4. The molecule has 30 heavy (non-hydrogen) atoms. The van der Waals surface area contributed by atoms with Gasteiger partial charge in [0.05, 0.1) is 11.2 Å². The van der Waals surface area contributed by atoms with E-state index in [0.717, 1.165) is 15.8 Å². The minimum atomic E-state index is -0.519. The van der Waals surface area contributed by atoms with Crippen LogP contribution in [0.4, 0.5) is 5.69 Å². The molecule has 6 nitrogen and oxygen atoms in total. The lowest BCUT2D eigenvalue weighted by Crippen LogP contribution is -2.42. The first-order valence-electron chi connectivity index (χ1n) is 9.66. The fraction of sp³-hybridized carbons (Fsp3) is 0.174. The standard InChI is InChI=1S/C23H21N3O3S/c1-3-24(17-9-5-4-6-10-17)20(27)15-25-19-12-13-30-21(19)22(28)26(23(25)29)18-11-7-8-16(2)14-18/h4-14H,3,15H2,1-2H3. The summed E-state index contributed by atoms with van der Waals surface area (Å²) in [5.41, 5.74) is 1.80. The minimum absolute atomic E-state index is 0.152. The number of amides is 1. The molecular formula is C23H21N3O3S. The van der Waals surface area contributed by atoms with Crippen molar-refractivity contribution in [3.8, 4) is 5.69 Å². The Labute approximate surface area is 177 Å². The van der Waals surface area contributed by atoms with Crippen molar-refractivity contribution in [2.45, 2.75) is 20.4 Å². The number of nitrogens with zero attached hydrogens (tertiary/aromatic N) is 3. The number of hydrogen-bond acceptors (Lipinski definition) is 4. The Kier molecular flexibility index (Phi) is 5.37. The van der Waals surface area contributed by atoms with Gasteiger partial charge < -0.3 is 4.90 Å². The number of aromatic nitrogens is 2. The summed E-state index contributed by atoms with van der Waals surface area (Å²) >= 11 is 1.27. The average Bonchev–Trinajstić information content (AvgIpc) is 3.23. The summed E-state index contributed by atoms with van der Waals surface area (Å²) in [6, 6.07) is 18.3. The maximum Gasteiger partial charge on any atom is 0.336 e. The summed E-state index contributed by atoms with van der Waals surface area (Å²) in [5, 5.41) is 1.77. The molecule has 2 aromatic heterocycles. The fourth-order valence-electron chi connectivity index (χ4n) is 3.57. The summed E-state index contributed by atoms with van der Waals surface area (Å²) in [5.74, 6) is -0.215. The highest BCUT2D eigenvalue weighted by atomic mass is 32.1. The second kappa shape index (κ2) is 8.12. The number of aryl methyl sites for hydroxylation is 1. The Hall–Kier alpha value is -3.45. The highest BCUT2D eigenvalue weighted by Gasteiger charge is 2.20. The number of fused-ring (bicyclic) bond motifs is 1. The molecule has 0 bridgehead atoms. The van der Waals surface area contributed by atoms with Gasteiger partial charge in [-0.05, 0) is 55.1 Å². The van der Waals surface area contributed by atoms with E-state index < -0.39 is 5.69 Å². The van der Waals surface area contributed by atoms with E-state index in [0.29, 0.717) is 22.4 Å². The third-order valence-corrected chi connectivity index (χ3v) is 5.88. The Morgan fingerprint density at radius 3 is 2.50 bits per heavy atom. The molecule has 0 unspecified atom stereocenters. The normalized spacial score (nSPS) is 11.0. The van der Waals surface area contributed by atoms with Crippen molar-refractivity contribution in [1.82, 2.24) is 9.13 Å². The number of rotatable bonds is 5. The van der Waals surface area contributed by atoms with Crippen molar-refractivity contribution in [2.75, 3.05) is 11.4 Å². The second-order valence-corrected chi connectivity index (χ2v) is 7.87. The number of carbonyl (C=O) groups excluding carboxylic acids is 1. The Morgan fingerprint density at radius 2 is 1.80 bits per heavy atom. The van der Waals surface area contributed by atoms with E-state index in [2.05, 4.69) is 0 Å². The second-order valence-electron chi connectivity index (χ2n) is 6.96. The van der Waals surface area contributed by atoms with Crippen molar-refractivity contribution in [1.29, 1.82) is 0 Å². The molecule has 0 atom stereocenters. The summed E-state index contributed by atoms with van der Waals surface area (Å²) in [7, 11) is 0. The summed E-state index contributed by atoms with van der Waals surface area (Å²) in [6.45, 7) is 4.11. The molecule has 0 radical (unpaired) electrons. The van der Waals surface area contributed by atoms with Crippen molar-refractivity contribution in [2.24, 2.45) is 0 Å². The SMILES string of the molecule is CCN(C(=O)Cn1c(=O)n(-c2cccc(C)c2)c(=O)c2sccc21)c1ccccc1. The van der Waals surface area contributed by atoms with Crippen molar-refractivity contribution in [3.63, 3.8) is 0 Å². The van der Waals surface area contributed by atoms with Crippen LogP contribution in [-0.4, -0.2) is 21.6 Å². The highest BCUT2D eigenvalue weighted by Crippen LogP contribution is 2.18. The zero-order valence-electron chi connectivity index (χ0n) is 16.7. The molecule has 4 rings (SSSR count). The van der Waals surface area contributed by atoms with E-state index in [4.69, 9.17) is 0 Å². The first kappa shape index (κ1) is 19.8. The Bertz CT molecular complexity index is 1340. The van der Waals surface area contributed by atoms with Gasteiger partial charge in [0.1, 0.15) is 11.2 Å². The molecule has 0 saturated heterocycles. The molecule has 2 aromatic carbocycles. The maximum atomic E-state index is 13.4. The lowest BCUT2D eigenvalue weighted by molar-refractivity contribution is -0.119. The lowest BCUT2D eigenvalue weighted by atomic mass is 10.2. The number of benzene rings is 2. The predicted molar refractivity (Wildman–Crippen MR) is 121 cm³/mol. The molecule has 152 valence electrons. The van der Waals surface area contributed by atoms with Crippen LogP contribution < -0.4 is 16.1 Å². The monoisotopic (exact) mass is 419 g/mol. The summed E-state index contributed by atoms with van der Waals surface area (Å²) < 4.78 is 2.99. The van der Waals surface area contributed by atoms with Gasteiger partial charge in [0, 0.05) is 12.2 Å². The molecule has 0 fully saturated rings. The Morgan fingerprint density at radius 1 is 1.03 bits per heavy atom. The lowest BCUT2D eigenvalue weighted by Gasteiger charge is -2.22. The highest BCUT2D eigenvalue weighted by molar-refractivity contribution is 7.17. The first-order valence-corrected chi connectivity index (χ1v) is 10.5. The van der Waals surface area contributed by atoms with Gasteiger partial charge in [0.15, 0.2) is 0 Å². The van der Waals surface area contributed by atoms with E-state index in [1.807, 2.05) is 50.2 Å². The van der Waals surface area contributed by atoms with Crippen LogP contribution in [-0.2, 0) is 11.3 Å². The molecule has 0 N–H and O–H groups in total. The molecule has 4 aromatic rings. The third kappa shape index (κ3) is 3.48. The average molecular weight is 420 g/mol. The van der Waals surface area contributed by atoms with Crippen LogP contribution in [0.25, 0.3) is 15.9 Å². The van der Waals surface area contributed by atoms with Gasteiger partial charge in [-0.25, -0.2) is 9.36 Å². The van der Waals surface area contributed by atoms with E-state index in [9.17, 15) is 14.4 Å². The quantitative estimate of drug-likeness (QED) is 0.497. The zero-order chi connectivity index (χ0) is 21.3. The number of carbonyl (C=O) groups is 1. The van der Waals surface area contributed by atoms with E-state index in [1.54, 1.807) is 34.5 Å². The smallest absolute Gasteiger partial charge is 0.311 e. The van der Waals surface area contributed by atoms with Crippen LogP contribution in [0.1, 0.15) is 12.5 Å². The molecule has 0 spiro atoms. The zero-order valence-corrected chi connectivity index (χ0v) is 17.6. The van der Waals surface area contributed by atoms with E-state index in [-0.39, 0.29) is 18.0 Å². The number of para-hydroxylation sites is 1. The van der Waals surface area contributed by atoms with Gasteiger partial charge >= 0.3 is 5.69 Å². The van der Waals surface area contributed by atoms with Crippen molar-refractivity contribution in [3.05, 3.63) is 92.4 Å². The molecule has 2 heterocycles. The Balaban J connectivity index is 1.85. The summed E-state index contributed by atoms with van der Waals surface area (Å²) in [6.07, 6.45) is 0. The van der Waals surface area contributed by atoms with Gasteiger partial charge in [-0.15, -0.1) is 11.3 Å². The van der Waals surface area contributed by atoms with Crippen molar-refractivity contribution < 1.29 is 4.79 Å². The molecular weight excluding hydrogens is 398 g/mol.